The molecule has 1 aliphatic carbocycles. The predicted molar refractivity (Wildman–Crippen MR) is 85.5 cm³/mol. The van der Waals surface area contributed by atoms with Crippen molar-refractivity contribution in [3.8, 4) is 0 Å². The molecule has 2 N–H and O–H groups in total. The number of carbonyl (C=O) groups is 1. The van der Waals surface area contributed by atoms with Crippen molar-refractivity contribution in [3.63, 3.8) is 0 Å². The van der Waals surface area contributed by atoms with Crippen LogP contribution in [0.2, 0.25) is 0 Å². The van der Waals surface area contributed by atoms with Crippen LogP contribution in [0, 0.1) is 5.92 Å². The highest BCUT2D eigenvalue weighted by atomic mass is 32.2. The van der Waals surface area contributed by atoms with Gasteiger partial charge in [-0.05, 0) is 43.2 Å². The molecule has 118 valence electrons. The van der Waals surface area contributed by atoms with Gasteiger partial charge in [-0.3, -0.25) is 4.79 Å². The Kier molecular flexibility index (Phi) is 4.20. The van der Waals surface area contributed by atoms with E-state index in [-0.39, 0.29) is 12.0 Å². The second kappa shape index (κ2) is 5.98. The zero-order valence-electron chi connectivity index (χ0n) is 11.9. The number of hydrogen-bond acceptors (Lipinski definition) is 4. The largest absolute Gasteiger partial charge is 0.481 e. The maximum absolute atomic E-state index is 12.5. The zero-order valence-corrected chi connectivity index (χ0v) is 13.5. The fourth-order valence-electron chi connectivity index (χ4n) is 2.83. The van der Waals surface area contributed by atoms with Crippen LogP contribution in [0.4, 0.5) is 0 Å². The van der Waals surface area contributed by atoms with E-state index in [0.717, 1.165) is 10.1 Å². The number of nitrogens with one attached hydrogen (secondary N) is 1. The van der Waals surface area contributed by atoms with E-state index < -0.39 is 16.0 Å². The Morgan fingerprint density at radius 3 is 2.50 bits per heavy atom. The first-order valence-electron chi connectivity index (χ1n) is 7.19. The number of carboxylic acids is 1. The van der Waals surface area contributed by atoms with Gasteiger partial charge >= 0.3 is 5.97 Å². The lowest BCUT2D eigenvalue weighted by Crippen LogP contribution is -2.38. The Bertz CT molecular complexity index is 756. The van der Waals surface area contributed by atoms with Gasteiger partial charge in [0.15, 0.2) is 0 Å². The molecule has 0 aliphatic heterocycles. The van der Waals surface area contributed by atoms with Crippen LogP contribution >= 0.6 is 11.3 Å². The Morgan fingerprint density at radius 2 is 1.86 bits per heavy atom. The van der Waals surface area contributed by atoms with Crippen LogP contribution in [0.15, 0.2) is 34.5 Å². The molecule has 5 nitrogen and oxygen atoms in total. The normalized spacial score (nSPS) is 22.7. The molecular formula is C15H17NO4S2. The summed E-state index contributed by atoms with van der Waals surface area (Å²) in [5.74, 6) is -1.13. The molecule has 3 rings (SSSR count). The summed E-state index contributed by atoms with van der Waals surface area (Å²) in [4.78, 5) is 10.9. The summed E-state index contributed by atoms with van der Waals surface area (Å²) >= 11 is 1.25. The molecule has 0 saturated heterocycles. The molecule has 0 spiro atoms. The van der Waals surface area contributed by atoms with Crippen molar-refractivity contribution >= 4 is 37.4 Å². The van der Waals surface area contributed by atoms with Crippen molar-refractivity contribution in [1.82, 2.24) is 4.72 Å². The molecule has 22 heavy (non-hydrogen) atoms. The minimum absolute atomic E-state index is 0.175. The maximum Gasteiger partial charge on any atom is 0.306 e. The van der Waals surface area contributed by atoms with Crippen LogP contribution in [0.3, 0.4) is 0 Å². The number of benzene rings is 1. The molecule has 0 radical (unpaired) electrons. The van der Waals surface area contributed by atoms with Crippen LogP contribution in [0.25, 0.3) is 10.1 Å². The molecule has 1 aliphatic rings. The average molecular weight is 339 g/mol. The van der Waals surface area contributed by atoms with Crippen molar-refractivity contribution in [2.75, 3.05) is 0 Å². The Balaban J connectivity index is 1.72. The number of aliphatic carboxylic acids is 1. The Labute approximate surface area is 133 Å². The molecule has 1 aromatic carbocycles. The van der Waals surface area contributed by atoms with E-state index in [1.54, 1.807) is 6.07 Å². The Morgan fingerprint density at radius 1 is 1.18 bits per heavy atom. The molecule has 7 heteroatoms. The van der Waals surface area contributed by atoms with E-state index in [1.165, 1.54) is 11.3 Å². The van der Waals surface area contributed by atoms with Crippen molar-refractivity contribution in [2.24, 2.45) is 5.92 Å². The summed E-state index contributed by atoms with van der Waals surface area (Å²) in [5, 5.41) is 9.90. The molecular weight excluding hydrogens is 322 g/mol. The number of carboxylic acid groups (broad SMARTS) is 1. The number of rotatable bonds is 4. The van der Waals surface area contributed by atoms with E-state index in [0.29, 0.717) is 29.9 Å². The molecule has 1 aromatic heterocycles. The first kappa shape index (κ1) is 15.5. The lowest BCUT2D eigenvalue weighted by molar-refractivity contribution is -0.142. The van der Waals surface area contributed by atoms with E-state index in [4.69, 9.17) is 5.11 Å². The molecule has 1 saturated carbocycles. The minimum Gasteiger partial charge on any atom is -0.481 e. The van der Waals surface area contributed by atoms with E-state index in [1.807, 2.05) is 24.3 Å². The minimum atomic E-state index is -3.54. The standard InChI is InChI=1S/C15H17NO4S2/c17-15(18)10-5-7-12(8-6-10)16-22(19,20)14-9-11-3-1-2-4-13(11)21-14/h1-4,9-10,12,16H,5-8H2,(H,17,18). The number of fused-ring (bicyclic) bond motifs is 1. The van der Waals surface area contributed by atoms with Crippen molar-refractivity contribution in [3.05, 3.63) is 30.3 Å². The third-order valence-electron chi connectivity index (χ3n) is 4.07. The summed E-state index contributed by atoms with van der Waals surface area (Å²) in [6.07, 6.45) is 2.19. The van der Waals surface area contributed by atoms with Gasteiger partial charge in [-0.25, -0.2) is 13.1 Å². The average Bonchev–Trinajstić information content (AvgIpc) is 2.92. The van der Waals surface area contributed by atoms with Crippen molar-refractivity contribution in [1.29, 1.82) is 0 Å². The quantitative estimate of drug-likeness (QED) is 0.897. The van der Waals surface area contributed by atoms with Crippen LogP contribution in [0.5, 0.6) is 0 Å². The third-order valence-corrected chi connectivity index (χ3v) is 7.18. The maximum atomic E-state index is 12.5. The molecule has 2 aromatic rings. The number of sulfonamides is 1. The van der Waals surface area contributed by atoms with Crippen molar-refractivity contribution in [2.45, 2.75) is 35.9 Å². The lowest BCUT2D eigenvalue weighted by Gasteiger charge is -2.26. The SMILES string of the molecule is O=C(O)C1CCC(NS(=O)(=O)c2cc3ccccc3s2)CC1. The fourth-order valence-corrected chi connectivity index (χ4v) is 5.55. The number of thiophene rings is 1. The van der Waals surface area contributed by atoms with Crippen LogP contribution in [0.1, 0.15) is 25.7 Å². The first-order chi connectivity index (χ1) is 10.5. The van der Waals surface area contributed by atoms with Gasteiger partial charge in [0.1, 0.15) is 4.21 Å². The highest BCUT2D eigenvalue weighted by molar-refractivity contribution is 7.91. The first-order valence-corrected chi connectivity index (χ1v) is 9.49. The van der Waals surface area contributed by atoms with Gasteiger partial charge in [0.05, 0.1) is 5.92 Å². The van der Waals surface area contributed by atoms with Crippen LogP contribution in [-0.2, 0) is 14.8 Å². The highest BCUT2D eigenvalue weighted by Crippen LogP contribution is 2.30. The van der Waals surface area contributed by atoms with Gasteiger partial charge in [-0.2, -0.15) is 0 Å². The van der Waals surface area contributed by atoms with Gasteiger partial charge in [0.2, 0.25) is 10.0 Å². The lowest BCUT2D eigenvalue weighted by atomic mass is 9.87. The molecule has 1 heterocycles. The highest BCUT2D eigenvalue weighted by Gasteiger charge is 2.29. The molecule has 0 bridgehead atoms. The molecule has 1 fully saturated rings. The zero-order chi connectivity index (χ0) is 15.7. The van der Waals surface area contributed by atoms with Gasteiger partial charge in [-0.15, -0.1) is 11.3 Å². The monoisotopic (exact) mass is 339 g/mol. The van der Waals surface area contributed by atoms with Gasteiger partial charge in [0.25, 0.3) is 0 Å². The summed E-state index contributed by atoms with van der Waals surface area (Å²) in [6, 6.07) is 9.07. The summed E-state index contributed by atoms with van der Waals surface area (Å²) in [7, 11) is -3.54. The van der Waals surface area contributed by atoms with Gasteiger partial charge < -0.3 is 5.11 Å². The summed E-state index contributed by atoms with van der Waals surface area (Å²) in [5.41, 5.74) is 0. The van der Waals surface area contributed by atoms with E-state index in [2.05, 4.69) is 4.72 Å². The van der Waals surface area contributed by atoms with E-state index >= 15 is 0 Å². The smallest absolute Gasteiger partial charge is 0.306 e. The fraction of sp³-hybridized carbons (Fsp3) is 0.400. The number of hydrogen-bond donors (Lipinski definition) is 2. The predicted octanol–water partition coefficient (Wildman–Crippen LogP) is 2.82. The second-order valence-corrected chi connectivity index (χ2v) is 8.64. The topological polar surface area (TPSA) is 83.5 Å². The molecule has 0 unspecified atom stereocenters. The van der Waals surface area contributed by atoms with E-state index in [9.17, 15) is 13.2 Å². The van der Waals surface area contributed by atoms with Gasteiger partial charge in [-0.1, -0.05) is 18.2 Å². The van der Waals surface area contributed by atoms with Crippen LogP contribution < -0.4 is 4.72 Å². The molecule has 0 atom stereocenters. The van der Waals surface area contributed by atoms with Gasteiger partial charge in [0, 0.05) is 10.7 Å². The third kappa shape index (κ3) is 3.16. The summed E-state index contributed by atoms with van der Waals surface area (Å²) in [6.45, 7) is 0. The van der Waals surface area contributed by atoms with Crippen molar-refractivity contribution < 1.29 is 18.3 Å². The molecule has 0 amide bonds. The summed E-state index contributed by atoms with van der Waals surface area (Å²) < 4.78 is 28.9. The second-order valence-electron chi connectivity index (χ2n) is 5.61. The Hall–Kier alpha value is -1.44. The van der Waals surface area contributed by atoms with Crippen LogP contribution in [-0.4, -0.2) is 25.5 Å².